The van der Waals surface area contributed by atoms with Crippen LogP contribution in [-0.2, 0) is 19.5 Å². The average molecular weight is 728 g/mol. The summed E-state index contributed by atoms with van der Waals surface area (Å²) in [5.74, 6) is 1.63. The number of hydrogen-bond donors (Lipinski definition) is 0. The average Bonchev–Trinajstić information content (AvgIpc) is 3.54. The molecule has 0 aliphatic heterocycles. The molecule has 308 valence electrons. The molecule has 2 heteroatoms. The van der Waals surface area contributed by atoms with Gasteiger partial charge < -0.3 is 0 Å². The molecule has 0 unspecified atom stereocenters. The minimum atomic E-state index is 1.23. The van der Waals surface area contributed by atoms with Crippen LogP contribution in [0.15, 0.2) is 12.4 Å². The summed E-state index contributed by atoms with van der Waals surface area (Å²) in [4.78, 5) is 0. The van der Waals surface area contributed by atoms with Gasteiger partial charge in [-0.3, -0.25) is 0 Å². The zero-order chi connectivity index (χ0) is 37.3. The summed E-state index contributed by atoms with van der Waals surface area (Å²) >= 11 is 0. The Morgan fingerprint density at radius 1 is 0.327 bits per heavy atom. The summed E-state index contributed by atoms with van der Waals surface area (Å²) in [5, 5.41) is 0. The second kappa shape index (κ2) is 41.4. The lowest BCUT2D eigenvalue weighted by atomic mass is 10.0. The van der Waals surface area contributed by atoms with Crippen molar-refractivity contribution in [3.8, 4) is 0 Å². The lowest BCUT2D eigenvalue weighted by Crippen LogP contribution is -2.37. The van der Waals surface area contributed by atoms with Gasteiger partial charge >= 0.3 is 0 Å². The van der Waals surface area contributed by atoms with E-state index in [1.807, 2.05) is 0 Å². The summed E-state index contributed by atoms with van der Waals surface area (Å²) in [6, 6.07) is 0. The molecule has 0 atom stereocenters. The highest BCUT2D eigenvalue weighted by atomic mass is 15.1. The largest absolute Gasteiger partial charge is 0.256 e. The molecule has 1 heterocycles. The number of imidazole rings is 1. The molecule has 0 amide bonds. The third kappa shape index (κ3) is 32.6. The zero-order valence-electron chi connectivity index (χ0n) is 36.7. The second-order valence-electron chi connectivity index (χ2n) is 17.3. The van der Waals surface area contributed by atoms with Gasteiger partial charge in [-0.05, 0) is 32.1 Å². The molecule has 0 aliphatic rings. The first-order valence-corrected chi connectivity index (χ1v) is 24.9. The van der Waals surface area contributed by atoms with Crippen molar-refractivity contribution in [2.24, 2.45) is 0 Å². The SMILES string of the molecule is CCCCCCCCCCCCCCCCCCc1n(CCCCCCCCCCCCCCCC)cc[n+]1CCCCCCCCCCCCC. The molecule has 0 aliphatic carbocycles. The van der Waals surface area contributed by atoms with Crippen LogP contribution in [0.1, 0.15) is 290 Å². The summed E-state index contributed by atoms with van der Waals surface area (Å²) in [6.07, 6.45) is 65.3. The summed E-state index contributed by atoms with van der Waals surface area (Å²) in [7, 11) is 0. The number of hydrogen-bond acceptors (Lipinski definition) is 0. The molecule has 0 saturated carbocycles. The first-order valence-electron chi connectivity index (χ1n) is 24.9. The molecule has 52 heavy (non-hydrogen) atoms. The first-order chi connectivity index (χ1) is 25.8. The molecule has 0 N–H and O–H groups in total. The van der Waals surface area contributed by atoms with E-state index in [4.69, 9.17) is 0 Å². The smallest absolute Gasteiger partial charge is 0.234 e. The molecule has 1 aromatic heterocycles. The van der Waals surface area contributed by atoms with E-state index in [1.165, 1.54) is 283 Å². The van der Waals surface area contributed by atoms with Gasteiger partial charge in [0.1, 0.15) is 12.4 Å². The zero-order valence-corrected chi connectivity index (χ0v) is 36.7. The van der Waals surface area contributed by atoms with Gasteiger partial charge in [-0.15, -0.1) is 0 Å². The topological polar surface area (TPSA) is 8.81 Å². The molecule has 0 fully saturated rings. The van der Waals surface area contributed by atoms with Gasteiger partial charge in [-0.25, -0.2) is 9.13 Å². The number of aromatic nitrogens is 2. The Kier molecular flexibility index (Phi) is 39.2. The van der Waals surface area contributed by atoms with E-state index in [0.29, 0.717) is 0 Å². The third-order valence-corrected chi connectivity index (χ3v) is 12.1. The Bertz CT molecular complexity index is 796. The fraction of sp³-hybridized carbons (Fsp3) is 0.940. The molecule has 0 saturated heterocycles. The van der Waals surface area contributed by atoms with Gasteiger partial charge in [0.25, 0.3) is 5.82 Å². The highest BCUT2D eigenvalue weighted by Crippen LogP contribution is 2.17. The second-order valence-corrected chi connectivity index (χ2v) is 17.3. The molecule has 0 radical (unpaired) electrons. The van der Waals surface area contributed by atoms with Gasteiger partial charge in [0.05, 0.1) is 13.1 Å². The number of unbranched alkanes of at least 4 members (excludes halogenated alkanes) is 38. The summed E-state index contributed by atoms with van der Waals surface area (Å²) in [6.45, 7) is 9.42. The van der Waals surface area contributed by atoms with Gasteiger partial charge in [-0.1, -0.05) is 252 Å². The van der Waals surface area contributed by atoms with E-state index in [9.17, 15) is 0 Å². The van der Waals surface area contributed by atoms with Crippen molar-refractivity contribution in [1.29, 1.82) is 0 Å². The standard InChI is InChI=1S/C50H99N2/c1-4-7-10-13-16-19-22-24-26-27-28-30-33-36-39-42-45-50-51(46-43-40-37-34-31-21-18-15-12-9-6-3)48-49-52(50)47-44-41-38-35-32-29-25-23-20-17-14-11-8-5-2/h48-49H,4-47H2,1-3H3/q+1. The molecular weight excluding hydrogens is 629 g/mol. The third-order valence-electron chi connectivity index (χ3n) is 12.1. The van der Waals surface area contributed by atoms with Crippen molar-refractivity contribution in [2.75, 3.05) is 0 Å². The van der Waals surface area contributed by atoms with Crippen LogP contribution in [-0.4, -0.2) is 4.57 Å². The maximum atomic E-state index is 2.66. The van der Waals surface area contributed by atoms with E-state index in [0.717, 1.165) is 0 Å². The van der Waals surface area contributed by atoms with E-state index < -0.39 is 0 Å². The Morgan fingerprint density at radius 3 is 0.923 bits per heavy atom. The van der Waals surface area contributed by atoms with Crippen LogP contribution in [0.4, 0.5) is 0 Å². The maximum absolute atomic E-state index is 2.66. The molecule has 1 aromatic rings. The van der Waals surface area contributed by atoms with E-state index >= 15 is 0 Å². The van der Waals surface area contributed by atoms with Gasteiger partial charge in [-0.2, -0.15) is 0 Å². The van der Waals surface area contributed by atoms with E-state index in [2.05, 4.69) is 42.3 Å². The van der Waals surface area contributed by atoms with Crippen LogP contribution in [0.5, 0.6) is 0 Å². The fourth-order valence-electron chi connectivity index (χ4n) is 8.45. The first kappa shape index (κ1) is 49.2. The molecule has 0 spiro atoms. The minimum Gasteiger partial charge on any atom is -0.234 e. The summed E-state index contributed by atoms with van der Waals surface area (Å²) in [5.41, 5.74) is 0. The lowest BCUT2D eigenvalue weighted by molar-refractivity contribution is -0.704. The van der Waals surface area contributed by atoms with Crippen LogP contribution < -0.4 is 4.57 Å². The maximum Gasteiger partial charge on any atom is 0.256 e. The van der Waals surface area contributed by atoms with Crippen LogP contribution in [0.25, 0.3) is 0 Å². The Labute approximate surface area is 329 Å². The van der Waals surface area contributed by atoms with Crippen molar-refractivity contribution in [1.82, 2.24) is 4.57 Å². The molecule has 0 aromatic carbocycles. The minimum absolute atomic E-state index is 1.23. The Hall–Kier alpha value is -0.790. The van der Waals surface area contributed by atoms with Crippen molar-refractivity contribution in [3.05, 3.63) is 18.2 Å². The van der Waals surface area contributed by atoms with Crippen LogP contribution >= 0.6 is 0 Å². The van der Waals surface area contributed by atoms with Crippen LogP contribution in [0.3, 0.4) is 0 Å². The predicted molar refractivity (Wildman–Crippen MR) is 235 cm³/mol. The Balaban J connectivity index is 2.25. The number of rotatable bonds is 44. The molecule has 2 nitrogen and oxygen atoms in total. The molecule has 1 rings (SSSR count). The van der Waals surface area contributed by atoms with Gasteiger partial charge in [0.2, 0.25) is 0 Å². The monoisotopic (exact) mass is 728 g/mol. The number of nitrogens with zero attached hydrogens (tertiary/aromatic N) is 2. The van der Waals surface area contributed by atoms with E-state index in [-0.39, 0.29) is 0 Å². The van der Waals surface area contributed by atoms with Gasteiger partial charge in [0, 0.05) is 6.42 Å². The highest BCUT2D eigenvalue weighted by molar-refractivity contribution is 4.84. The quantitative estimate of drug-likeness (QED) is 0.0467. The fourth-order valence-corrected chi connectivity index (χ4v) is 8.45. The van der Waals surface area contributed by atoms with Crippen molar-refractivity contribution >= 4 is 0 Å². The molecular formula is C50H99N2+. The highest BCUT2D eigenvalue weighted by Gasteiger charge is 2.16. The van der Waals surface area contributed by atoms with Crippen LogP contribution in [0, 0.1) is 0 Å². The van der Waals surface area contributed by atoms with Crippen molar-refractivity contribution in [3.63, 3.8) is 0 Å². The molecule has 0 bridgehead atoms. The van der Waals surface area contributed by atoms with Crippen LogP contribution in [0.2, 0.25) is 0 Å². The Morgan fingerprint density at radius 2 is 0.596 bits per heavy atom. The normalized spacial score (nSPS) is 11.7. The summed E-state index contributed by atoms with van der Waals surface area (Å²) < 4.78 is 5.31. The number of aryl methyl sites for hydroxylation is 2. The van der Waals surface area contributed by atoms with Crippen molar-refractivity contribution < 1.29 is 4.57 Å². The predicted octanol–water partition coefficient (Wildman–Crippen LogP) is 17.4. The van der Waals surface area contributed by atoms with Gasteiger partial charge in [0.15, 0.2) is 0 Å². The van der Waals surface area contributed by atoms with Crippen molar-refractivity contribution in [2.45, 2.75) is 304 Å². The van der Waals surface area contributed by atoms with E-state index in [1.54, 1.807) is 5.82 Å². The lowest BCUT2D eigenvalue weighted by Gasteiger charge is -2.07.